The average Bonchev–Trinajstić information content (AvgIpc) is 2.44. The molecule has 20 heavy (non-hydrogen) atoms. The largest absolute Gasteiger partial charge is 0.502 e. The van der Waals surface area contributed by atoms with Gasteiger partial charge in [-0.15, -0.1) is 0 Å². The Bertz CT molecular complexity index is 529. The van der Waals surface area contributed by atoms with Gasteiger partial charge in [0, 0.05) is 32.2 Å². The highest BCUT2D eigenvalue weighted by Gasteiger charge is 2.28. The number of likely N-dealkylation sites (N-methyl/N-ethyl adjacent to an activating group) is 1. The molecule has 3 N–H and O–H groups in total. The molecule has 0 aliphatic carbocycles. The lowest BCUT2D eigenvalue weighted by atomic mass is 10.1. The Kier molecular flexibility index (Phi) is 4.75. The molecule has 0 radical (unpaired) electrons. The molecule has 7 heteroatoms. The Labute approximate surface area is 116 Å². The van der Waals surface area contributed by atoms with Gasteiger partial charge in [0.05, 0.1) is 6.54 Å². The summed E-state index contributed by atoms with van der Waals surface area (Å²) >= 11 is 0. The van der Waals surface area contributed by atoms with Gasteiger partial charge in [-0.3, -0.25) is 14.5 Å². The lowest BCUT2D eigenvalue weighted by Crippen LogP contribution is -2.57. The number of carbonyl (C=O) groups excluding carboxylic acids is 1. The number of hydrogen-bond acceptors (Lipinski definition) is 6. The van der Waals surface area contributed by atoms with Gasteiger partial charge in [-0.05, 0) is 6.92 Å². The number of nitrogens with one attached hydrogen (secondary N) is 2. The Morgan fingerprint density at radius 2 is 2.45 bits per heavy atom. The molecule has 0 aromatic carbocycles. The average molecular weight is 281 g/mol. The van der Waals surface area contributed by atoms with E-state index in [2.05, 4.69) is 10.6 Å². The number of aromatic hydroxyl groups is 1. The lowest BCUT2D eigenvalue weighted by molar-refractivity contribution is -0.127. The molecule has 110 valence electrons. The Morgan fingerprint density at radius 1 is 1.65 bits per heavy atom. The fourth-order valence-electron chi connectivity index (χ4n) is 2.21. The number of carbonyl (C=O) groups is 1. The zero-order valence-electron chi connectivity index (χ0n) is 11.4. The summed E-state index contributed by atoms with van der Waals surface area (Å²) in [5.41, 5.74) is -0.476. The second-order valence-corrected chi connectivity index (χ2v) is 4.68. The van der Waals surface area contributed by atoms with Gasteiger partial charge in [0.2, 0.25) is 11.3 Å². The zero-order chi connectivity index (χ0) is 14.5. The molecule has 1 aromatic rings. The third kappa shape index (κ3) is 3.37. The van der Waals surface area contributed by atoms with E-state index < -0.39 is 11.2 Å². The van der Waals surface area contributed by atoms with Gasteiger partial charge in [0.15, 0.2) is 5.75 Å². The van der Waals surface area contributed by atoms with Crippen molar-refractivity contribution in [2.75, 3.05) is 26.2 Å². The summed E-state index contributed by atoms with van der Waals surface area (Å²) in [5.74, 6) is -0.0147. The highest BCUT2D eigenvalue weighted by atomic mass is 16.4. The van der Waals surface area contributed by atoms with Gasteiger partial charge in [0.25, 0.3) is 0 Å². The second-order valence-electron chi connectivity index (χ2n) is 4.68. The molecule has 1 amide bonds. The van der Waals surface area contributed by atoms with Crippen LogP contribution in [0.3, 0.4) is 0 Å². The van der Waals surface area contributed by atoms with Crippen LogP contribution < -0.4 is 16.1 Å². The summed E-state index contributed by atoms with van der Waals surface area (Å²) in [6.07, 6.45) is 1.03. The smallest absolute Gasteiger partial charge is 0.238 e. The standard InChI is InChI=1S/C13H19N3O4/c1-2-15-13(19)10-6-14-3-4-16(10)7-9-5-11(17)12(18)8-20-9/h5,8,10,14,18H,2-4,6-7H2,1H3,(H,15,19). The first-order valence-electron chi connectivity index (χ1n) is 6.65. The molecular formula is C13H19N3O4. The van der Waals surface area contributed by atoms with Crippen LogP contribution in [0.5, 0.6) is 5.75 Å². The molecule has 2 rings (SSSR count). The molecule has 0 bridgehead atoms. The van der Waals surface area contributed by atoms with E-state index in [1.807, 2.05) is 11.8 Å². The van der Waals surface area contributed by atoms with Crippen LogP contribution in [0.4, 0.5) is 0 Å². The number of nitrogens with zero attached hydrogens (tertiary/aromatic N) is 1. The van der Waals surface area contributed by atoms with Crippen molar-refractivity contribution in [2.45, 2.75) is 19.5 Å². The lowest BCUT2D eigenvalue weighted by Gasteiger charge is -2.34. The number of amides is 1. The van der Waals surface area contributed by atoms with E-state index in [4.69, 9.17) is 9.52 Å². The van der Waals surface area contributed by atoms with E-state index in [1.54, 1.807) is 0 Å². The Morgan fingerprint density at radius 3 is 3.15 bits per heavy atom. The van der Waals surface area contributed by atoms with Gasteiger partial charge in [0.1, 0.15) is 18.1 Å². The fraction of sp³-hybridized carbons (Fsp3) is 0.538. The van der Waals surface area contributed by atoms with Crippen molar-refractivity contribution in [1.29, 1.82) is 0 Å². The fourth-order valence-corrected chi connectivity index (χ4v) is 2.21. The van der Waals surface area contributed by atoms with E-state index >= 15 is 0 Å². The van der Waals surface area contributed by atoms with Crippen LogP contribution in [0.1, 0.15) is 12.7 Å². The van der Waals surface area contributed by atoms with E-state index in [1.165, 1.54) is 6.07 Å². The molecule has 1 atom stereocenters. The molecule has 7 nitrogen and oxygen atoms in total. The van der Waals surface area contributed by atoms with E-state index in [0.29, 0.717) is 31.9 Å². The summed E-state index contributed by atoms with van der Waals surface area (Å²) in [4.78, 5) is 25.3. The van der Waals surface area contributed by atoms with Crippen molar-refractivity contribution < 1.29 is 14.3 Å². The highest BCUT2D eigenvalue weighted by molar-refractivity contribution is 5.82. The minimum atomic E-state index is -0.476. The number of piperazine rings is 1. The predicted octanol–water partition coefficient (Wildman–Crippen LogP) is -0.745. The van der Waals surface area contributed by atoms with Gasteiger partial charge < -0.3 is 20.2 Å². The molecular weight excluding hydrogens is 262 g/mol. The minimum absolute atomic E-state index is 0.0409. The van der Waals surface area contributed by atoms with Crippen LogP contribution in [0.2, 0.25) is 0 Å². The molecule has 2 heterocycles. The molecule has 1 aromatic heterocycles. The summed E-state index contributed by atoms with van der Waals surface area (Å²) in [7, 11) is 0. The van der Waals surface area contributed by atoms with Crippen LogP contribution in [-0.4, -0.2) is 48.1 Å². The summed E-state index contributed by atoms with van der Waals surface area (Å²) in [6, 6.07) is 0.967. The molecule has 0 saturated carbocycles. The first kappa shape index (κ1) is 14.5. The van der Waals surface area contributed by atoms with E-state index in [9.17, 15) is 9.59 Å². The molecule has 1 fully saturated rings. The first-order chi connectivity index (χ1) is 9.61. The first-order valence-corrected chi connectivity index (χ1v) is 6.65. The third-order valence-corrected chi connectivity index (χ3v) is 3.23. The molecule has 0 spiro atoms. The van der Waals surface area contributed by atoms with Crippen molar-refractivity contribution in [1.82, 2.24) is 15.5 Å². The molecule has 1 unspecified atom stereocenters. The van der Waals surface area contributed by atoms with Crippen LogP contribution in [0, 0.1) is 0 Å². The maximum atomic E-state index is 12.0. The zero-order valence-corrected chi connectivity index (χ0v) is 11.4. The van der Waals surface area contributed by atoms with Crippen molar-refractivity contribution in [2.24, 2.45) is 0 Å². The second kappa shape index (κ2) is 6.53. The maximum absolute atomic E-state index is 12.0. The van der Waals surface area contributed by atoms with Gasteiger partial charge >= 0.3 is 0 Å². The minimum Gasteiger partial charge on any atom is -0.502 e. The van der Waals surface area contributed by atoms with E-state index in [-0.39, 0.29) is 11.9 Å². The normalized spacial score (nSPS) is 19.8. The topological polar surface area (TPSA) is 94.8 Å². The van der Waals surface area contributed by atoms with Crippen molar-refractivity contribution in [3.63, 3.8) is 0 Å². The van der Waals surface area contributed by atoms with Gasteiger partial charge in [-0.2, -0.15) is 0 Å². The maximum Gasteiger partial charge on any atom is 0.238 e. The Hall–Kier alpha value is -1.86. The van der Waals surface area contributed by atoms with Crippen LogP contribution in [0.25, 0.3) is 0 Å². The summed E-state index contributed by atoms with van der Waals surface area (Å²) in [5, 5.41) is 15.1. The van der Waals surface area contributed by atoms with Crippen LogP contribution in [-0.2, 0) is 11.3 Å². The molecule has 1 aliphatic rings. The Balaban J connectivity index is 2.10. The monoisotopic (exact) mass is 281 g/mol. The highest BCUT2D eigenvalue weighted by Crippen LogP contribution is 2.11. The third-order valence-electron chi connectivity index (χ3n) is 3.23. The van der Waals surface area contributed by atoms with Crippen molar-refractivity contribution >= 4 is 5.91 Å². The van der Waals surface area contributed by atoms with E-state index in [0.717, 1.165) is 12.8 Å². The van der Waals surface area contributed by atoms with Gasteiger partial charge in [-0.1, -0.05) is 0 Å². The quantitative estimate of drug-likeness (QED) is 0.672. The number of rotatable bonds is 4. The molecule has 1 saturated heterocycles. The summed E-state index contributed by atoms with van der Waals surface area (Å²) < 4.78 is 5.19. The predicted molar refractivity (Wildman–Crippen MR) is 72.4 cm³/mol. The van der Waals surface area contributed by atoms with Crippen molar-refractivity contribution in [3.8, 4) is 5.75 Å². The van der Waals surface area contributed by atoms with Crippen molar-refractivity contribution in [3.05, 3.63) is 28.3 Å². The SMILES string of the molecule is CCNC(=O)C1CNCCN1Cc1cc(=O)c(O)co1. The molecule has 1 aliphatic heterocycles. The van der Waals surface area contributed by atoms with Gasteiger partial charge in [-0.25, -0.2) is 0 Å². The summed E-state index contributed by atoms with van der Waals surface area (Å²) in [6.45, 7) is 4.84. The van der Waals surface area contributed by atoms with Crippen LogP contribution >= 0.6 is 0 Å². The number of hydrogen-bond donors (Lipinski definition) is 3. The van der Waals surface area contributed by atoms with Crippen LogP contribution in [0.15, 0.2) is 21.5 Å².